The van der Waals surface area contributed by atoms with E-state index in [0.29, 0.717) is 27.8 Å². The lowest BCUT2D eigenvalue weighted by Crippen LogP contribution is -2.11. The topological polar surface area (TPSA) is 80.3 Å². The molecule has 0 saturated carbocycles. The van der Waals surface area contributed by atoms with Crippen molar-refractivity contribution in [1.29, 1.82) is 0 Å². The zero-order valence-corrected chi connectivity index (χ0v) is 16.1. The van der Waals surface area contributed by atoms with Crippen molar-refractivity contribution in [2.45, 2.75) is 6.92 Å². The van der Waals surface area contributed by atoms with Crippen LogP contribution in [0.1, 0.15) is 12.6 Å². The second-order valence-corrected chi connectivity index (χ2v) is 6.43. The lowest BCUT2D eigenvalue weighted by atomic mass is 10.2. The van der Waals surface area contributed by atoms with Gasteiger partial charge in [-0.3, -0.25) is 9.59 Å². The Morgan fingerprint density at radius 2 is 1.86 bits per heavy atom. The van der Waals surface area contributed by atoms with Crippen molar-refractivity contribution >= 4 is 51.8 Å². The summed E-state index contributed by atoms with van der Waals surface area (Å²) in [6.45, 7) is 1.41. The average molecular weight is 396 g/mol. The van der Waals surface area contributed by atoms with Gasteiger partial charge in [0.15, 0.2) is 0 Å². The lowest BCUT2D eigenvalue weighted by molar-refractivity contribution is -0.114. The maximum absolute atomic E-state index is 12.3. The molecule has 0 radical (unpaired) electrons. The second-order valence-electron chi connectivity index (χ2n) is 5.99. The van der Waals surface area contributed by atoms with Crippen LogP contribution in [-0.4, -0.2) is 23.9 Å². The van der Waals surface area contributed by atoms with Crippen molar-refractivity contribution in [3.8, 4) is 5.75 Å². The van der Waals surface area contributed by atoms with Crippen LogP contribution < -0.4 is 15.4 Å². The van der Waals surface area contributed by atoms with E-state index in [0.717, 1.165) is 10.9 Å². The molecule has 0 atom stereocenters. The van der Waals surface area contributed by atoms with Crippen LogP contribution in [0, 0.1) is 0 Å². The summed E-state index contributed by atoms with van der Waals surface area (Å²) < 4.78 is 5.25. The highest BCUT2D eigenvalue weighted by atomic mass is 35.5. The number of fused-ring (bicyclic) bond motifs is 1. The van der Waals surface area contributed by atoms with Gasteiger partial charge in [0.25, 0.3) is 0 Å². The number of hydrogen-bond donors (Lipinski definition) is 2. The summed E-state index contributed by atoms with van der Waals surface area (Å²) in [4.78, 5) is 28.0. The van der Waals surface area contributed by atoms with Crippen LogP contribution in [0.15, 0.2) is 54.6 Å². The maximum atomic E-state index is 12.3. The van der Waals surface area contributed by atoms with Crippen LogP contribution in [-0.2, 0) is 9.59 Å². The molecule has 0 spiro atoms. The summed E-state index contributed by atoms with van der Waals surface area (Å²) in [6, 6.07) is 14.2. The SMILES string of the molecule is COc1ccc(NC(C)=O)cc1NC(=O)/C=C/c1ccc2ccc(Cl)cc2n1. The van der Waals surface area contributed by atoms with E-state index in [-0.39, 0.29) is 11.8 Å². The largest absolute Gasteiger partial charge is 0.495 e. The predicted molar refractivity (Wildman–Crippen MR) is 112 cm³/mol. The van der Waals surface area contributed by atoms with Crippen LogP contribution >= 0.6 is 11.6 Å². The van der Waals surface area contributed by atoms with Crippen LogP contribution in [0.2, 0.25) is 5.02 Å². The molecule has 0 aliphatic heterocycles. The van der Waals surface area contributed by atoms with Crippen molar-refractivity contribution < 1.29 is 14.3 Å². The van der Waals surface area contributed by atoms with E-state index >= 15 is 0 Å². The molecular weight excluding hydrogens is 378 g/mol. The molecule has 0 unspecified atom stereocenters. The molecule has 3 rings (SSSR count). The van der Waals surface area contributed by atoms with Crippen LogP contribution in [0.4, 0.5) is 11.4 Å². The van der Waals surface area contributed by atoms with E-state index in [1.165, 1.54) is 20.1 Å². The second kappa shape index (κ2) is 8.54. The van der Waals surface area contributed by atoms with E-state index in [1.807, 2.05) is 18.2 Å². The molecule has 2 N–H and O–H groups in total. The smallest absolute Gasteiger partial charge is 0.248 e. The summed E-state index contributed by atoms with van der Waals surface area (Å²) in [7, 11) is 1.50. The molecule has 0 saturated heterocycles. The number of rotatable bonds is 5. The van der Waals surface area contributed by atoms with Crippen molar-refractivity contribution in [2.75, 3.05) is 17.7 Å². The Hall–Kier alpha value is -3.38. The Morgan fingerprint density at radius 3 is 2.61 bits per heavy atom. The molecule has 142 valence electrons. The highest BCUT2D eigenvalue weighted by Gasteiger charge is 2.08. The monoisotopic (exact) mass is 395 g/mol. The summed E-state index contributed by atoms with van der Waals surface area (Å²) in [5.41, 5.74) is 2.38. The average Bonchev–Trinajstić information content (AvgIpc) is 2.66. The van der Waals surface area contributed by atoms with Gasteiger partial charge >= 0.3 is 0 Å². The third-order valence-electron chi connectivity index (χ3n) is 3.86. The maximum Gasteiger partial charge on any atom is 0.248 e. The number of nitrogens with one attached hydrogen (secondary N) is 2. The minimum Gasteiger partial charge on any atom is -0.495 e. The van der Waals surface area contributed by atoms with E-state index in [2.05, 4.69) is 15.6 Å². The fraction of sp³-hybridized carbons (Fsp3) is 0.0952. The number of ether oxygens (including phenoxy) is 1. The van der Waals surface area contributed by atoms with Gasteiger partial charge in [0.1, 0.15) is 5.75 Å². The van der Waals surface area contributed by atoms with Crippen molar-refractivity contribution in [3.05, 3.63) is 65.3 Å². The van der Waals surface area contributed by atoms with Crippen molar-refractivity contribution in [3.63, 3.8) is 0 Å². The minimum atomic E-state index is -0.355. The molecule has 2 amide bonds. The van der Waals surface area contributed by atoms with Gasteiger partial charge in [-0.1, -0.05) is 23.7 Å². The zero-order chi connectivity index (χ0) is 20.1. The molecule has 6 nitrogen and oxygen atoms in total. The molecule has 0 bridgehead atoms. The first-order valence-electron chi connectivity index (χ1n) is 8.45. The predicted octanol–water partition coefficient (Wildman–Crippen LogP) is 4.51. The van der Waals surface area contributed by atoms with Crippen LogP contribution in [0.25, 0.3) is 17.0 Å². The van der Waals surface area contributed by atoms with Gasteiger partial charge in [0, 0.05) is 29.1 Å². The lowest BCUT2D eigenvalue weighted by Gasteiger charge is -2.11. The highest BCUT2D eigenvalue weighted by Crippen LogP contribution is 2.28. The Balaban J connectivity index is 1.77. The number of aromatic nitrogens is 1. The van der Waals surface area contributed by atoms with Gasteiger partial charge in [-0.25, -0.2) is 4.98 Å². The number of carbonyl (C=O) groups excluding carboxylic acids is 2. The number of nitrogens with zero attached hydrogens (tertiary/aromatic N) is 1. The first kappa shape index (κ1) is 19.4. The molecular formula is C21H18ClN3O3. The first-order chi connectivity index (χ1) is 13.4. The molecule has 1 aromatic heterocycles. The minimum absolute atomic E-state index is 0.204. The van der Waals surface area contributed by atoms with Gasteiger partial charge in [0.2, 0.25) is 11.8 Å². The Kier molecular flexibility index (Phi) is 5.91. The molecule has 7 heteroatoms. The van der Waals surface area contributed by atoms with Crippen LogP contribution in [0.3, 0.4) is 0 Å². The number of amides is 2. The van der Waals surface area contributed by atoms with E-state index in [1.54, 1.807) is 36.4 Å². The van der Waals surface area contributed by atoms with Crippen molar-refractivity contribution in [1.82, 2.24) is 4.98 Å². The fourth-order valence-electron chi connectivity index (χ4n) is 2.62. The van der Waals surface area contributed by atoms with Crippen molar-refractivity contribution in [2.24, 2.45) is 0 Å². The molecule has 0 fully saturated rings. The summed E-state index contributed by atoms with van der Waals surface area (Å²) in [6.07, 6.45) is 2.99. The van der Waals surface area contributed by atoms with Gasteiger partial charge in [0.05, 0.1) is 24.0 Å². The quantitative estimate of drug-likeness (QED) is 0.623. The zero-order valence-electron chi connectivity index (χ0n) is 15.3. The normalized spacial score (nSPS) is 10.8. The number of benzene rings is 2. The number of pyridine rings is 1. The molecule has 1 heterocycles. The van der Waals surface area contributed by atoms with Gasteiger partial charge in [-0.15, -0.1) is 0 Å². The number of anilines is 2. The Bertz CT molecular complexity index is 1080. The third-order valence-corrected chi connectivity index (χ3v) is 4.09. The van der Waals surface area contributed by atoms with E-state index in [4.69, 9.17) is 16.3 Å². The Morgan fingerprint density at radius 1 is 1.07 bits per heavy atom. The van der Waals surface area contributed by atoms with E-state index in [9.17, 15) is 9.59 Å². The van der Waals surface area contributed by atoms with Gasteiger partial charge in [-0.2, -0.15) is 0 Å². The molecule has 2 aromatic carbocycles. The molecule has 28 heavy (non-hydrogen) atoms. The summed E-state index contributed by atoms with van der Waals surface area (Å²) >= 11 is 6.00. The molecule has 0 aliphatic carbocycles. The summed E-state index contributed by atoms with van der Waals surface area (Å²) in [5, 5.41) is 6.97. The number of methoxy groups -OCH3 is 1. The number of halogens is 1. The van der Waals surface area contributed by atoms with Crippen LogP contribution in [0.5, 0.6) is 5.75 Å². The summed E-state index contributed by atoms with van der Waals surface area (Å²) in [5.74, 6) is -0.0783. The first-order valence-corrected chi connectivity index (χ1v) is 8.83. The Labute approximate surface area is 167 Å². The molecule has 3 aromatic rings. The van der Waals surface area contributed by atoms with E-state index < -0.39 is 0 Å². The van der Waals surface area contributed by atoms with Gasteiger partial charge in [-0.05, 0) is 42.5 Å². The molecule has 0 aliphatic rings. The number of hydrogen-bond acceptors (Lipinski definition) is 4. The third kappa shape index (κ3) is 4.86. The highest BCUT2D eigenvalue weighted by molar-refractivity contribution is 6.31. The standard InChI is InChI=1S/C21H18ClN3O3/c1-13(26)23-17-7-9-20(28-2)19(12-17)25-21(27)10-8-16-6-4-14-3-5-15(22)11-18(14)24-16/h3-12H,1-2H3,(H,23,26)(H,25,27)/b10-8+. The fourth-order valence-corrected chi connectivity index (χ4v) is 2.79. The van der Waals surface area contributed by atoms with Gasteiger partial charge < -0.3 is 15.4 Å². The number of carbonyl (C=O) groups is 2.